The minimum atomic E-state index is -0.159. The van der Waals surface area contributed by atoms with Crippen LogP contribution < -0.4 is 10.1 Å². The first-order valence-electron chi connectivity index (χ1n) is 8.09. The number of hydrogen-bond donors (Lipinski definition) is 1. The molecule has 128 valence electrons. The second-order valence-electron chi connectivity index (χ2n) is 6.27. The number of hydrogen-bond acceptors (Lipinski definition) is 4. The van der Waals surface area contributed by atoms with Crippen LogP contribution in [-0.4, -0.2) is 23.0 Å². The zero-order chi connectivity index (χ0) is 17.9. The molecule has 0 spiro atoms. The highest BCUT2D eigenvalue weighted by Gasteiger charge is 2.14. The van der Waals surface area contributed by atoms with E-state index in [2.05, 4.69) is 35.2 Å². The molecular formula is C19H25N3O2. The van der Waals surface area contributed by atoms with Gasteiger partial charge in [0.2, 0.25) is 0 Å². The number of nitrogens with one attached hydrogen (secondary N) is 1. The summed E-state index contributed by atoms with van der Waals surface area (Å²) in [6.45, 7) is 10.4. The second-order valence-corrected chi connectivity index (χ2v) is 6.27. The molecule has 0 aliphatic heterocycles. The van der Waals surface area contributed by atoms with Crippen LogP contribution in [0, 0.1) is 20.8 Å². The van der Waals surface area contributed by atoms with Crippen molar-refractivity contribution >= 4 is 5.91 Å². The Balaban J connectivity index is 2.19. The highest BCUT2D eigenvalue weighted by atomic mass is 16.5. The summed E-state index contributed by atoms with van der Waals surface area (Å²) < 4.78 is 5.46. The number of rotatable bonds is 5. The first kappa shape index (κ1) is 17.9. The Morgan fingerprint density at radius 3 is 2.54 bits per heavy atom. The maximum atomic E-state index is 12.4. The number of carbonyl (C=O) groups is 1. The van der Waals surface area contributed by atoms with Crippen molar-refractivity contribution in [2.45, 2.75) is 47.1 Å². The number of methoxy groups -OCH3 is 1. The van der Waals surface area contributed by atoms with Crippen LogP contribution >= 0.6 is 0 Å². The Bertz CT molecular complexity index is 755. The molecule has 0 aliphatic carbocycles. The normalized spacial score (nSPS) is 10.8. The maximum Gasteiger partial charge on any atom is 0.254 e. The molecule has 0 unspecified atom stereocenters. The fraction of sp³-hybridized carbons (Fsp3) is 0.421. The molecule has 0 fully saturated rings. The number of aryl methyl sites for hydroxylation is 3. The Hall–Kier alpha value is -2.43. The number of aromatic nitrogens is 2. The fourth-order valence-electron chi connectivity index (χ4n) is 2.64. The lowest BCUT2D eigenvalue weighted by atomic mass is 9.96. The summed E-state index contributed by atoms with van der Waals surface area (Å²) in [5.41, 5.74) is 4.51. The predicted molar refractivity (Wildman–Crippen MR) is 94.5 cm³/mol. The maximum absolute atomic E-state index is 12.4. The van der Waals surface area contributed by atoms with E-state index >= 15 is 0 Å². The van der Waals surface area contributed by atoms with Crippen LogP contribution in [0.1, 0.15) is 58.3 Å². The zero-order valence-electron chi connectivity index (χ0n) is 15.2. The summed E-state index contributed by atoms with van der Waals surface area (Å²) in [6.07, 6.45) is 1.58. The first-order valence-corrected chi connectivity index (χ1v) is 8.09. The van der Waals surface area contributed by atoms with Crippen LogP contribution in [0.5, 0.6) is 5.75 Å². The van der Waals surface area contributed by atoms with Crippen LogP contribution in [0.25, 0.3) is 0 Å². The highest BCUT2D eigenvalue weighted by molar-refractivity contribution is 5.94. The molecule has 0 atom stereocenters. The average Bonchev–Trinajstić information content (AvgIpc) is 2.52. The molecule has 1 aromatic heterocycles. The lowest BCUT2D eigenvalue weighted by molar-refractivity contribution is 0.0949. The van der Waals surface area contributed by atoms with Gasteiger partial charge in [0, 0.05) is 12.7 Å². The SMILES string of the molecule is COc1cc(C)c(CNC(=O)c2cnc(C)nc2C)cc1C(C)C. The van der Waals surface area contributed by atoms with E-state index in [-0.39, 0.29) is 5.91 Å². The summed E-state index contributed by atoms with van der Waals surface area (Å²) in [7, 11) is 1.68. The van der Waals surface area contributed by atoms with Crippen LogP contribution in [0.2, 0.25) is 0 Å². The average molecular weight is 327 g/mol. The standard InChI is InChI=1S/C19H25N3O2/c1-11(2)16-8-15(12(3)7-18(16)24-6)9-21-19(23)17-10-20-14(5)22-13(17)4/h7-8,10-11H,9H2,1-6H3,(H,21,23). The Morgan fingerprint density at radius 1 is 1.25 bits per heavy atom. The molecule has 0 saturated carbocycles. The molecule has 24 heavy (non-hydrogen) atoms. The molecule has 1 amide bonds. The molecule has 1 N–H and O–H groups in total. The van der Waals surface area contributed by atoms with Crippen LogP contribution in [-0.2, 0) is 6.54 Å². The van der Waals surface area contributed by atoms with Crippen LogP contribution in [0.15, 0.2) is 18.3 Å². The second kappa shape index (κ2) is 7.43. The molecule has 5 heteroatoms. The lowest BCUT2D eigenvalue weighted by Crippen LogP contribution is -2.25. The number of ether oxygens (including phenoxy) is 1. The molecular weight excluding hydrogens is 302 g/mol. The van der Waals surface area contributed by atoms with E-state index in [0.29, 0.717) is 29.5 Å². The van der Waals surface area contributed by atoms with Gasteiger partial charge in [-0.15, -0.1) is 0 Å². The summed E-state index contributed by atoms with van der Waals surface area (Å²) in [4.78, 5) is 20.7. The van der Waals surface area contributed by atoms with E-state index in [1.54, 1.807) is 13.3 Å². The smallest absolute Gasteiger partial charge is 0.254 e. The summed E-state index contributed by atoms with van der Waals surface area (Å²) in [6, 6.07) is 4.13. The van der Waals surface area contributed by atoms with Gasteiger partial charge in [0.15, 0.2) is 0 Å². The zero-order valence-corrected chi connectivity index (χ0v) is 15.2. The molecule has 0 bridgehead atoms. The summed E-state index contributed by atoms with van der Waals surface area (Å²) >= 11 is 0. The summed E-state index contributed by atoms with van der Waals surface area (Å²) in [5.74, 6) is 1.74. The lowest BCUT2D eigenvalue weighted by Gasteiger charge is -2.16. The van der Waals surface area contributed by atoms with Gasteiger partial charge in [-0.25, -0.2) is 9.97 Å². The highest BCUT2D eigenvalue weighted by Crippen LogP contribution is 2.29. The fourth-order valence-corrected chi connectivity index (χ4v) is 2.64. The molecule has 5 nitrogen and oxygen atoms in total. The minimum Gasteiger partial charge on any atom is -0.496 e. The third kappa shape index (κ3) is 3.91. The van der Waals surface area contributed by atoms with Crippen molar-refractivity contribution in [1.82, 2.24) is 15.3 Å². The monoisotopic (exact) mass is 327 g/mol. The number of amides is 1. The van der Waals surface area contributed by atoms with Crippen molar-refractivity contribution in [3.63, 3.8) is 0 Å². The quantitative estimate of drug-likeness (QED) is 0.913. The number of carbonyl (C=O) groups excluding carboxylic acids is 1. The molecule has 2 aromatic rings. The van der Waals surface area contributed by atoms with E-state index in [9.17, 15) is 4.79 Å². The Labute approximate surface area is 143 Å². The third-order valence-corrected chi connectivity index (χ3v) is 4.09. The topological polar surface area (TPSA) is 64.1 Å². The molecule has 2 rings (SSSR count). The van der Waals surface area contributed by atoms with Crippen molar-refractivity contribution < 1.29 is 9.53 Å². The largest absolute Gasteiger partial charge is 0.496 e. The van der Waals surface area contributed by atoms with E-state index in [1.807, 2.05) is 26.8 Å². The van der Waals surface area contributed by atoms with Gasteiger partial charge in [-0.1, -0.05) is 13.8 Å². The van der Waals surface area contributed by atoms with Gasteiger partial charge < -0.3 is 10.1 Å². The Kier molecular flexibility index (Phi) is 5.54. The van der Waals surface area contributed by atoms with Crippen molar-refractivity contribution in [3.8, 4) is 5.75 Å². The van der Waals surface area contributed by atoms with Gasteiger partial charge in [0.25, 0.3) is 5.91 Å². The van der Waals surface area contributed by atoms with Gasteiger partial charge in [0.05, 0.1) is 18.4 Å². The van der Waals surface area contributed by atoms with Crippen molar-refractivity contribution in [2.75, 3.05) is 7.11 Å². The summed E-state index contributed by atoms with van der Waals surface area (Å²) in [5, 5.41) is 2.96. The molecule has 0 radical (unpaired) electrons. The van der Waals surface area contributed by atoms with Crippen molar-refractivity contribution in [3.05, 3.63) is 52.1 Å². The first-order chi connectivity index (χ1) is 11.3. The van der Waals surface area contributed by atoms with Crippen molar-refractivity contribution in [2.24, 2.45) is 0 Å². The minimum absolute atomic E-state index is 0.159. The van der Waals surface area contributed by atoms with Gasteiger partial charge >= 0.3 is 0 Å². The van der Waals surface area contributed by atoms with E-state index in [0.717, 1.165) is 22.4 Å². The van der Waals surface area contributed by atoms with E-state index in [1.165, 1.54) is 0 Å². The Morgan fingerprint density at radius 2 is 1.96 bits per heavy atom. The van der Waals surface area contributed by atoms with Crippen LogP contribution in [0.3, 0.4) is 0 Å². The molecule has 0 saturated heterocycles. The van der Waals surface area contributed by atoms with Gasteiger partial charge in [-0.05, 0) is 55.5 Å². The van der Waals surface area contributed by atoms with Crippen molar-refractivity contribution in [1.29, 1.82) is 0 Å². The number of benzene rings is 1. The van der Waals surface area contributed by atoms with E-state index in [4.69, 9.17) is 4.74 Å². The van der Waals surface area contributed by atoms with Crippen LogP contribution in [0.4, 0.5) is 0 Å². The van der Waals surface area contributed by atoms with Gasteiger partial charge in [-0.3, -0.25) is 4.79 Å². The third-order valence-electron chi connectivity index (χ3n) is 4.09. The van der Waals surface area contributed by atoms with Gasteiger partial charge in [0.1, 0.15) is 11.6 Å². The molecule has 1 aromatic carbocycles. The predicted octanol–water partition coefficient (Wildman–Crippen LogP) is 3.46. The number of nitrogens with zero attached hydrogens (tertiary/aromatic N) is 2. The molecule has 0 aliphatic rings. The van der Waals surface area contributed by atoms with E-state index < -0.39 is 0 Å². The van der Waals surface area contributed by atoms with Gasteiger partial charge in [-0.2, -0.15) is 0 Å². The molecule has 1 heterocycles.